The molecule has 4 rings (SSSR count). The predicted molar refractivity (Wildman–Crippen MR) is 150 cm³/mol. The summed E-state index contributed by atoms with van der Waals surface area (Å²) >= 11 is 0. The number of carbonyl (C=O) groups excluding carboxylic acids is 2. The molecule has 1 N–H and O–H groups in total. The Kier molecular flexibility index (Phi) is 8.92. The standard InChI is InChI=1S/C31H25F4N5O2/c1-3-28(41)38-23-9-4-7-21(18-23)8-5-15-39(24-13-11-22(32)12-14-24)30(42)27-10-6-16-40(27)29-25(19-36)26(31(33,34)35)17-20(2)37-29/h3-4,7,9,11-14,17-18,27H,1,6,10,15-16H2,2H3,(H,38,41). The van der Waals surface area contributed by atoms with E-state index in [0.717, 1.165) is 12.1 Å². The van der Waals surface area contributed by atoms with Crippen molar-refractivity contribution in [3.8, 4) is 17.9 Å². The second-order valence-electron chi connectivity index (χ2n) is 9.45. The highest BCUT2D eigenvalue weighted by molar-refractivity contribution is 6.00. The van der Waals surface area contributed by atoms with Crippen LogP contribution in [0.1, 0.15) is 35.2 Å². The van der Waals surface area contributed by atoms with Gasteiger partial charge < -0.3 is 10.2 Å². The third kappa shape index (κ3) is 6.76. The van der Waals surface area contributed by atoms with Crippen molar-refractivity contribution in [1.29, 1.82) is 5.26 Å². The van der Waals surface area contributed by atoms with Gasteiger partial charge in [-0.05, 0) is 74.4 Å². The van der Waals surface area contributed by atoms with Crippen LogP contribution in [0.25, 0.3) is 0 Å². The molecule has 1 saturated heterocycles. The van der Waals surface area contributed by atoms with Gasteiger partial charge >= 0.3 is 6.18 Å². The molecule has 2 aromatic carbocycles. The summed E-state index contributed by atoms with van der Waals surface area (Å²) in [6.45, 7) is 4.89. The van der Waals surface area contributed by atoms with E-state index < -0.39 is 35.1 Å². The molecule has 1 aromatic heterocycles. The Labute approximate surface area is 240 Å². The second kappa shape index (κ2) is 12.6. The molecule has 1 unspecified atom stereocenters. The first-order valence-corrected chi connectivity index (χ1v) is 12.9. The third-order valence-electron chi connectivity index (χ3n) is 6.55. The van der Waals surface area contributed by atoms with Crippen LogP contribution < -0.4 is 15.1 Å². The lowest BCUT2D eigenvalue weighted by atomic mass is 10.1. The maximum atomic E-state index is 14.0. The Balaban J connectivity index is 1.68. The minimum absolute atomic E-state index is 0.0576. The molecule has 1 fully saturated rings. The van der Waals surface area contributed by atoms with Crippen molar-refractivity contribution < 1.29 is 27.2 Å². The van der Waals surface area contributed by atoms with Crippen LogP contribution in [0.5, 0.6) is 0 Å². The fraction of sp³-hybridized carbons (Fsp3) is 0.226. The molecule has 1 aliphatic rings. The van der Waals surface area contributed by atoms with Gasteiger partial charge in [-0.15, -0.1) is 0 Å². The molecular formula is C31H25F4N5O2. The zero-order valence-electron chi connectivity index (χ0n) is 22.5. The van der Waals surface area contributed by atoms with E-state index in [1.54, 1.807) is 30.3 Å². The van der Waals surface area contributed by atoms with Crippen molar-refractivity contribution in [2.24, 2.45) is 0 Å². The lowest BCUT2D eigenvalue weighted by Gasteiger charge is -2.31. The summed E-state index contributed by atoms with van der Waals surface area (Å²) in [6, 6.07) is 13.4. The number of benzene rings is 2. The highest BCUT2D eigenvalue weighted by Gasteiger charge is 2.40. The maximum absolute atomic E-state index is 14.0. The van der Waals surface area contributed by atoms with Gasteiger partial charge in [0.1, 0.15) is 29.3 Å². The molecule has 3 aromatic rings. The van der Waals surface area contributed by atoms with E-state index in [1.807, 2.05) is 0 Å². The Bertz CT molecular complexity index is 1620. The average molecular weight is 576 g/mol. The Morgan fingerprint density at radius 2 is 1.95 bits per heavy atom. The highest BCUT2D eigenvalue weighted by atomic mass is 19.4. The van der Waals surface area contributed by atoms with Gasteiger partial charge in [-0.3, -0.25) is 14.5 Å². The predicted octanol–water partition coefficient (Wildman–Crippen LogP) is 5.60. The molecule has 1 atom stereocenters. The fourth-order valence-electron chi connectivity index (χ4n) is 4.66. The summed E-state index contributed by atoms with van der Waals surface area (Å²) in [5.74, 6) is 4.27. The van der Waals surface area contributed by atoms with E-state index >= 15 is 0 Å². The molecular weight excluding hydrogens is 550 g/mol. The minimum Gasteiger partial charge on any atom is -0.343 e. The average Bonchev–Trinajstić information content (AvgIpc) is 3.45. The monoisotopic (exact) mass is 575 g/mol. The van der Waals surface area contributed by atoms with E-state index in [2.05, 4.69) is 28.7 Å². The summed E-state index contributed by atoms with van der Waals surface area (Å²) in [4.78, 5) is 32.6. The molecule has 0 bridgehead atoms. The summed E-state index contributed by atoms with van der Waals surface area (Å²) in [5, 5.41) is 12.3. The number of hydrogen-bond donors (Lipinski definition) is 1. The van der Waals surface area contributed by atoms with Crippen molar-refractivity contribution >= 4 is 29.0 Å². The number of pyridine rings is 1. The van der Waals surface area contributed by atoms with E-state index in [4.69, 9.17) is 0 Å². The van der Waals surface area contributed by atoms with Crippen molar-refractivity contribution in [3.63, 3.8) is 0 Å². The normalized spacial score (nSPS) is 14.4. The molecule has 2 amide bonds. The maximum Gasteiger partial charge on any atom is 0.417 e. The largest absolute Gasteiger partial charge is 0.417 e. The lowest BCUT2D eigenvalue weighted by Crippen LogP contribution is -2.47. The topological polar surface area (TPSA) is 89.3 Å². The Morgan fingerprint density at radius 1 is 1.21 bits per heavy atom. The number of nitriles is 1. The molecule has 1 aliphatic heterocycles. The third-order valence-corrected chi connectivity index (χ3v) is 6.55. The van der Waals surface area contributed by atoms with Gasteiger partial charge in [-0.2, -0.15) is 18.4 Å². The van der Waals surface area contributed by atoms with Crippen LogP contribution in [0.15, 0.2) is 67.3 Å². The number of nitrogens with zero attached hydrogens (tertiary/aromatic N) is 4. The van der Waals surface area contributed by atoms with Crippen LogP contribution >= 0.6 is 0 Å². The molecule has 0 spiro atoms. The van der Waals surface area contributed by atoms with Gasteiger partial charge in [0.25, 0.3) is 5.91 Å². The first-order chi connectivity index (χ1) is 20.0. The second-order valence-corrected chi connectivity index (χ2v) is 9.45. The summed E-state index contributed by atoms with van der Waals surface area (Å²) in [7, 11) is 0. The van der Waals surface area contributed by atoms with Crippen LogP contribution in [0, 0.1) is 35.9 Å². The number of hydrogen-bond acceptors (Lipinski definition) is 5. The zero-order valence-corrected chi connectivity index (χ0v) is 22.5. The van der Waals surface area contributed by atoms with Crippen LogP contribution in [0.3, 0.4) is 0 Å². The van der Waals surface area contributed by atoms with Crippen LogP contribution in [-0.4, -0.2) is 35.9 Å². The molecule has 7 nitrogen and oxygen atoms in total. The van der Waals surface area contributed by atoms with Gasteiger partial charge in [-0.1, -0.05) is 24.5 Å². The summed E-state index contributed by atoms with van der Waals surface area (Å²) in [5.41, 5.74) is -0.321. The van der Waals surface area contributed by atoms with Crippen molar-refractivity contribution in [2.45, 2.75) is 32.0 Å². The Hall–Kier alpha value is -5.16. The van der Waals surface area contributed by atoms with Crippen molar-refractivity contribution in [2.75, 3.05) is 28.2 Å². The van der Waals surface area contributed by atoms with Gasteiger partial charge in [-0.25, -0.2) is 9.37 Å². The fourth-order valence-corrected chi connectivity index (χ4v) is 4.66. The van der Waals surface area contributed by atoms with E-state index in [0.29, 0.717) is 29.8 Å². The summed E-state index contributed by atoms with van der Waals surface area (Å²) in [6.07, 6.45) is -2.87. The molecule has 0 saturated carbocycles. The number of aryl methyl sites for hydroxylation is 1. The number of carbonyl (C=O) groups is 2. The van der Waals surface area contributed by atoms with E-state index in [1.165, 1.54) is 41.0 Å². The van der Waals surface area contributed by atoms with Crippen LogP contribution in [-0.2, 0) is 15.8 Å². The SMILES string of the molecule is C=CC(=O)Nc1cccc(C#CCN(C(=O)C2CCCN2c2nc(C)cc(C(F)(F)F)c2C#N)c2ccc(F)cc2)c1. The number of amides is 2. The first kappa shape index (κ1) is 29.8. The molecule has 11 heteroatoms. The number of alkyl halides is 3. The van der Waals surface area contributed by atoms with Crippen molar-refractivity contribution in [3.05, 3.63) is 95.5 Å². The van der Waals surface area contributed by atoms with Gasteiger partial charge in [0, 0.05) is 29.2 Å². The van der Waals surface area contributed by atoms with Crippen LogP contribution in [0.4, 0.5) is 34.8 Å². The zero-order chi connectivity index (χ0) is 30.4. The van der Waals surface area contributed by atoms with Gasteiger partial charge in [0.05, 0.1) is 12.1 Å². The molecule has 0 aliphatic carbocycles. The molecule has 2 heterocycles. The summed E-state index contributed by atoms with van der Waals surface area (Å²) < 4.78 is 55.0. The van der Waals surface area contributed by atoms with E-state index in [-0.39, 0.29) is 30.5 Å². The molecule has 214 valence electrons. The number of aromatic nitrogens is 1. The van der Waals surface area contributed by atoms with Crippen LogP contribution in [0.2, 0.25) is 0 Å². The van der Waals surface area contributed by atoms with Gasteiger partial charge in [0.15, 0.2) is 0 Å². The Morgan fingerprint density at radius 3 is 2.62 bits per heavy atom. The molecule has 42 heavy (non-hydrogen) atoms. The first-order valence-electron chi connectivity index (χ1n) is 12.9. The van der Waals surface area contributed by atoms with Gasteiger partial charge in [0.2, 0.25) is 5.91 Å². The number of anilines is 3. The quantitative estimate of drug-likeness (QED) is 0.235. The number of halogens is 4. The van der Waals surface area contributed by atoms with Crippen molar-refractivity contribution in [1.82, 2.24) is 4.98 Å². The molecule has 0 radical (unpaired) electrons. The smallest absolute Gasteiger partial charge is 0.343 e. The minimum atomic E-state index is -4.78. The highest BCUT2D eigenvalue weighted by Crippen LogP contribution is 2.38. The number of rotatable bonds is 6. The van der Waals surface area contributed by atoms with E-state index in [9.17, 15) is 32.4 Å². The lowest BCUT2D eigenvalue weighted by molar-refractivity contribution is -0.137. The number of nitrogens with one attached hydrogen (secondary N) is 1.